The molecule has 1 aliphatic heterocycles. The second kappa shape index (κ2) is 7.17. The number of hydrogen-bond acceptors (Lipinski definition) is 4. The van der Waals surface area contributed by atoms with Crippen molar-refractivity contribution in [3.63, 3.8) is 0 Å². The van der Waals surface area contributed by atoms with E-state index < -0.39 is 10.0 Å². The number of rotatable bonds is 5. The van der Waals surface area contributed by atoms with Crippen molar-refractivity contribution in [2.75, 3.05) is 23.3 Å². The Bertz CT molecular complexity index is 960. The van der Waals surface area contributed by atoms with E-state index in [-0.39, 0.29) is 10.8 Å². The molecule has 0 atom stereocenters. The Balaban J connectivity index is 1.97. The lowest BCUT2D eigenvalue weighted by atomic mass is 10.2. The highest BCUT2D eigenvalue weighted by molar-refractivity contribution is 7.92. The van der Waals surface area contributed by atoms with Crippen LogP contribution >= 0.6 is 11.6 Å². The first-order chi connectivity index (χ1) is 12.3. The van der Waals surface area contributed by atoms with Gasteiger partial charge in [0.15, 0.2) is 0 Å². The van der Waals surface area contributed by atoms with Crippen molar-refractivity contribution >= 4 is 38.9 Å². The zero-order valence-electron chi connectivity index (χ0n) is 14.5. The summed E-state index contributed by atoms with van der Waals surface area (Å²) < 4.78 is 33.4. The SMILES string of the molecule is COc1ccc(NS(=O)(=O)c2cccc(Cl)c2C)cc1N1CCCC1=O. The first-order valence-electron chi connectivity index (χ1n) is 8.10. The number of carbonyl (C=O) groups excluding carboxylic acids is 1. The summed E-state index contributed by atoms with van der Waals surface area (Å²) in [7, 11) is -2.31. The molecular weight excluding hydrogens is 376 g/mol. The molecule has 8 heteroatoms. The van der Waals surface area contributed by atoms with Crippen molar-refractivity contribution in [1.29, 1.82) is 0 Å². The number of nitrogens with one attached hydrogen (secondary N) is 1. The van der Waals surface area contributed by atoms with E-state index in [0.717, 1.165) is 6.42 Å². The maximum Gasteiger partial charge on any atom is 0.262 e. The third-order valence-electron chi connectivity index (χ3n) is 4.30. The predicted octanol–water partition coefficient (Wildman–Crippen LogP) is 3.58. The summed E-state index contributed by atoms with van der Waals surface area (Å²) in [6, 6.07) is 9.58. The molecule has 1 fully saturated rings. The third-order valence-corrected chi connectivity index (χ3v) is 6.24. The van der Waals surface area contributed by atoms with Crippen LogP contribution in [-0.2, 0) is 14.8 Å². The van der Waals surface area contributed by atoms with Gasteiger partial charge in [-0.1, -0.05) is 17.7 Å². The second-order valence-corrected chi connectivity index (χ2v) is 8.06. The molecule has 1 aliphatic rings. The molecule has 1 heterocycles. The molecule has 2 aromatic carbocycles. The fraction of sp³-hybridized carbons (Fsp3) is 0.278. The summed E-state index contributed by atoms with van der Waals surface area (Å²) in [4.78, 5) is 13.8. The molecular formula is C18H19ClN2O4S. The van der Waals surface area contributed by atoms with Crippen molar-refractivity contribution in [3.8, 4) is 5.75 Å². The molecule has 26 heavy (non-hydrogen) atoms. The van der Waals surface area contributed by atoms with E-state index in [2.05, 4.69) is 4.72 Å². The summed E-state index contributed by atoms with van der Waals surface area (Å²) in [5.41, 5.74) is 1.38. The monoisotopic (exact) mass is 394 g/mol. The second-order valence-electron chi connectivity index (χ2n) is 6.00. The van der Waals surface area contributed by atoms with Gasteiger partial charge in [-0.2, -0.15) is 0 Å². The van der Waals surface area contributed by atoms with Gasteiger partial charge in [-0.3, -0.25) is 9.52 Å². The van der Waals surface area contributed by atoms with Crippen molar-refractivity contribution in [3.05, 3.63) is 47.0 Å². The highest BCUT2D eigenvalue weighted by Crippen LogP contribution is 2.35. The molecule has 1 amide bonds. The van der Waals surface area contributed by atoms with Gasteiger partial charge >= 0.3 is 0 Å². The van der Waals surface area contributed by atoms with Gasteiger partial charge in [-0.05, 0) is 49.2 Å². The van der Waals surface area contributed by atoms with E-state index in [1.807, 2.05) is 0 Å². The fourth-order valence-corrected chi connectivity index (χ4v) is 4.50. The standard InChI is InChI=1S/C18H19ClN2O4S/c1-12-14(19)5-3-6-17(12)26(23,24)20-13-8-9-16(25-2)15(11-13)21-10-4-7-18(21)22/h3,5-6,8-9,11,20H,4,7,10H2,1-2H3. The maximum absolute atomic E-state index is 12.7. The number of amides is 1. The number of benzene rings is 2. The Kier molecular flexibility index (Phi) is 5.11. The Morgan fingerprint density at radius 1 is 1.23 bits per heavy atom. The van der Waals surface area contributed by atoms with Crippen LogP contribution in [-0.4, -0.2) is 28.0 Å². The largest absolute Gasteiger partial charge is 0.495 e. The molecule has 0 saturated carbocycles. The van der Waals surface area contributed by atoms with E-state index in [1.54, 1.807) is 42.2 Å². The molecule has 0 unspecified atom stereocenters. The number of methoxy groups -OCH3 is 1. The molecule has 138 valence electrons. The minimum atomic E-state index is -3.82. The van der Waals surface area contributed by atoms with Gasteiger partial charge in [0.25, 0.3) is 10.0 Å². The van der Waals surface area contributed by atoms with Crippen LogP contribution in [0, 0.1) is 6.92 Å². The quantitative estimate of drug-likeness (QED) is 0.840. The van der Waals surface area contributed by atoms with Crippen LogP contribution in [0.15, 0.2) is 41.3 Å². The van der Waals surface area contributed by atoms with Gasteiger partial charge in [0.05, 0.1) is 23.4 Å². The van der Waals surface area contributed by atoms with Crippen LogP contribution in [0.4, 0.5) is 11.4 Å². The number of sulfonamides is 1. The first kappa shape index (κ1) is 18.5. The normalized spacial score (nSPS) is 14.6. The van der Waals surface area contributed by atoms with Gasteiger partial charge < -0.3 is 9.64 Å². The molecule has 1 N–H and O–H groups in total. The number of carbonyl (C=O) groups is 1. The van der Waals surface area contributed by atoms with E-state index in [4.69, 9.17) is 16.3 Å². The maximum atomic E-state index is 12.7. The van der Waals surface area contributed by atoms with Crippen molar-refractivity contribution < 1.29 is 17.9 Å². The number of ether oxygens (including phenoxy) is 1. The third kappa shape index (κ3) is 3.50. The lowest BCUT2D eigenvalue weighted by Crippen LogP contribution is -2.24. The zero-order valence-corrected chi connectivity index (χ0v) is 16.0. The smallest absolute Gasteiger partial charge is 0.262 e. The number of hydrogen-bond donors (Lipinski definition) is 1. The average molecular weight is 395 g/mol. The molecule has 1 saturated heterocycles. The summed E-state index contributed by atoms with van der Waals surface area (Å²) in [5.74, 6) is 0.510. The van der Waals surface area contributed by atoms with Crippen LogP contribution < -0.4 is 14.4 Å². The van der Waals surface area contributed by atoms with Gasteiger partial charge in [0.2, 0.25) is 5.91 Å². The average Bonchev–Trinajstić information content (AvgIpc) is 3.02. The summed E-state index contributed by atoms with van der Waals surface area (Å²) in [6.07, 6.45) is 1.24. The molecule has 0 spiro atoms. The van der Waals surface area contributed by atoms with E-state index in [1.165, 1.54) is 13.2 Å². The molecule has 3 rings (SSSR count). The van der Waals surface area contributed by atoms with Crippen LogP contribution in [0.3, 0.4) is 0 Å². The number of nitrogens with zero attached hydrogens (tertiary/aromatic N) is 1. The molecule has 6 nitrogen and oxygen atoms in total. The Hall–Kier alpha value is -2.25. The lowest BCUT2D eigenvalue weighted by Gasteiger charge is -2.20. The number of anilines is 2. The van der Waals surface area contributed by atoms with Crippen molar-refractivity contribution in [2.24, 2.45) is 0 Å². The van der Waals surface area contributed by atoms with Crippen LogP contribution in [0.1, 0.15) is 18.4 Å². The number of halogens is 1. The minimum absolute atomic E-state index is 0.00556. The minimum Gasteiger partial charge on any atom is -0.495 e. The van der Waals surface area contributed by atoms with E-state index in [9.17, 15) is 13.2 Å². The zero-order chi connectivity index (χ0) is 18.9. The van der Waals surface area contributed by atoms with Crippen LogP contribution in [0.2, 0.25) is 5.02 Å². The van der Waals surface area contributed by atoms with Crippen molar-refractivity contribution in [1.82, 2.24) is 0 Å². The van der Waals surface area contributed by atoms with Gasteiger partial charge in [-0.15, -0.1) is 0 Å². The van der Waals surface area contributed by atoms with Gasteiger partial charge in [0, 0.05) is 18.0 Å². The molecule has 0 aromatic heterocycles. The van der Waals surface area contributed by atoms with Crippen molar-refractivity contribution in [2.45, 2.75) is 24.7 Å². The summed E-state index contributed by atoms with van der Waals surface area (Å²) in [6.45, 7) is 2.23. The van der Waals surface area contributed by atoms with E-state index in [0.29, 0.717) is 40.7 Å². The highest BCUT2D eigenvalue weighted by atomic mass is 35.5. The predicted molar refractivity (Wildman–Crippen MR) is 102 cm³/mol. The van der Waals surface area contributed by atoms with E-state index >= 15 is 0 Å². The van der Waals surface area contributed by atoms with Gasteiger partial charge in [0.1, 0.15) is 5.75 Å². The summed E-state index contributed by atoms with van der Waals surface area (Å²) >= 11 is 6.04. The van der Waals surface area contributed by atoms with Crippen LogP contribution in [0.5, 0.6) is 5.75 Å². The summed E-state index contributed by atoms with van der Waals surface area (Å²) in [5, 5.41) is 0.381. The molecule has 2 aromatic rings. The lowest BCUT2D eigenvalue weighted by molar-refractivity contribution is -0.117. The fourth-order valence-electron chi connectivity index (χ4n) is 2.96. The molecule has 0 aliphatic carbocycles. The molecule has 0 bridgehead atoms. The Morgan fingerprint density at radius 3 is 2.65 bits per heavy atom. The van der Waals surface area contributed by atoms with Crippen LogP contribution in [0.25, 0.3) is 0 Å². The Labute approximate surface area is 157 Å². The highest BCUT2D eigenvalue weighted by Gasteiger charge is 2.25. The topological polar surface area (TPSA) is 75.7 Å². The Morgan fingerprint density at radius 2 is 2.00 bits per heavy atom. The first-order valence-corrected chi connectivity index (χ1v) is 9.96. The molecule has 0 radical (unpaired) electrons. The van der Waals surface area contributed by atoms with Gasteiger partial charge in [-0.25, -0.2) is 8.42 Å².